The smallest absolute Gasteiger partial charge is 0.281 e. The van der Waals surface area contributed by atoms with E-state index in [4.69, 9.17) is 10.8 Å². The topological polar surface area (TPSA) is 86.9 Å². The molecule has 7 heteroatoms. The summed E-state index contributed by atoms with van der Waals surface area (Å²) in [7, 11) is -0.506. The summed E-state index contributed by atoms with van der Waals surface area (Å²) < 4.78 is 25.9. The van der Waals surface area contributed by atoms with Crippen LogP contribution < -0.4 is 5.73 Å². The van der Waals surface area contributed by atoms with Crippen molar-refractivity contribution in [2.45, 2.75) is 19.4 Å². The normalized spacial score (nSPS) is 14.9. The van der Waals surface area contributed by atoms with Gasteiger partial charge in [-0.2, -0.15) is 17.0 Å². The van der Waals surface area contributed by atoms with Crippen molar-refractivity contribution in [2.24, 2.45) is 5.73 Å². The Balaban J connectivity index is 4.38. The molecule has 3 N–H and O–H groups in total. The van der Waals surface area contributed by atoms with Gasteiger partial charge in [0, 0.05) is 27.2 Å². The van der Waals surface area contributed by atoms with Gasteiger partial charge in [0.15, 0.2) is 0 Å². The number of aliphatic hydroxyl groups is 1. The highest BCUT2D eigenvalue weighted by atomic mass is 32.2. The van der Waals surface area contributed by atoms with E-state index >= 15 is 0 Å². The molecule has 0 amide bonds. The summed E-state index contributed by atoms with van der Waals surface area (Å²) in [5.41, 5.74) is 5.30. The van der Waals surface area contributed by atoms with Crippen molar-refractivity contribution in [1.29, 1.82) is 0 Å². The van der Waals surface area contributed by atoms with Crippen molar-refractivity contribution in [2.75, 3.05) is 33.7 Å². The fourth-order valence-corrected chi connectivity index (χ4v) is 2.37. The summed E-state index contributed by atoms with van der Waals surface area (Å²) in [4.78, 5) is 0. The number of hydrogen-bond acceptors (Lipinski definition) is 4. The summed E-state index contributed by atoms with van der Waals surface area (Å²) in [6.07, 6.45) is -0.0502. The lowest BCUT2D eigenvalue weighted by Gasteiger charge is -2.24. The summed E-state index contributed by atoms with van der Waals surface area (Å²) in [6.45, 7) is 2.49. The van der Waals surface area contributed by atoms with Crippen molar-refractivity contribution in [3.8, 4) is 0 Å². The van der Waals surface area contributed by atoms with Gasteiger partial charge in [-0.15, -0.1) is 0 Å². The van der Waals surface area contributed by atoms with Gasteiger partial charge >= 0.3 is 0 Å². The molecule has 0 aromatic rings. The molecule has 0 aliphatic carbocycles. The van der Waals surface area contributed by atoms with Gasteiger partial charge in [0.2, 0.25) is 0 Å². The molecule has 1 unspecified atom stereocenters. The Morgan fingerprint density at radius 3 is 2.27 bits per heavy atom. The first-order valence-corrected chi connectivity index (χ1v) is 6.27. The first-order chi connectivity index (χ1) is 6.82. The molecule has 1 atom stereocenters. The van der Waals surface area contributed by atoms with Gasteiger partial charge in [0.05, 0.1) is 6.10 Å². The molecule has 0 aliphatic rings. The molecule has 0 aliphatic heterocycles. The van der Waals surface area contributed by atoms with E-state index in [1.807, 2.05) is 0 Å². The molecule has 6 nitrogen and oxygen atoms in total. The maximum absolute atomic E-state index is 11.8. The van der Waals surface area contributed by atoms with Crippen LogP contribution in [0.3, 0.4) is 0 Å². The lowest BCUT2D eigenvalue weighted by atomic mass is 10.4. The number of rotatable bonds is 7. The number of nitrogens with zero attached hydrogens (tertiary/aromatic N) is 2. The number of hydrogen-bond donors (Lipinski definition) is 2. The van der Waals surface area contributed by atoms with Crippen LogP contribution in [0, 0.1) is 0 Å². The van der Waals surface area contributed by atoms with Crippen LogP contribution in [0.15, 0.2) is 0 Å². The molecule has 0 aromatic carbocycles. The molecule has 0 spiro atoms. The van der Waals surface area contributed by atoms with Gasteiger partial charge in [0.25, 0.3) is 10.2 Å². The second kappa shape index (κ2) is 6.39. The van der Waals surface area contributed by atoms with Gasteiger partial charge in [0.1, 0.15) is 0 Å². The Morgan fingerprint density at radius 1 is 1.33 bits per heavy atom. The highest BCUT2D eigenvalue weighted by molar-refractivity contribution is 7.86. The van der Waals surface area contributed by atoms with E-state index in [9.17, 15) is 8.42 Å². The second-order valence-electron chi connectivity index (χ2n) is 3.60. The lowest BCUT2D eigenvalue weighted by molar-refractivity contribution is 0.168. The average Bonchev–Trinajstić information content (AvgIpc) is 2.12. The minimum absolute atomic E-state index is 0.0926. The summed E-state index contributed by atoms with van der Waals surface area (Å²) in [5.74, 6) is 0. The second-order valence-corrected chi connectivity index (χ2v) is 5.74. The summed E-state index contributed by atoms with van der Waals surface area (Å²) >= 11 is 0. The maximum atomic E-state index is 11.8. The highest BCUT2D eigenvalue weighted by Gasteiger charge is 2.23. The van der Waals surface area contributed by atoms with Crippen molar-refractivity contribution in [1.82, 2.24) is 8.61 Å². The van der Waals surface area contributed by atoms with Crippen LogP contribution >= 0.6 is 0 Å². The molecule has 0 aromatic heterocycles. The van der Waals surface area contributed by atoms with Crippen LogP contribution in [0.1, 0.15) is 13.3 Å². The molecule has 92 valence electrons. The molecule has 0 fully saturated rings. The summed E-state index contributed by atoms with van der Waals surface area (Å²) in [6, 6.07) is 0. The molecular weight excluding hydrogens is 218 g/mol. The van der Waals surface area contributed by atoms with Crippen molar-refractivity contribution < 1.29 is 13.5 Å². The molecule has 0 rings (SSSR count). The Kier molecular flexibility index (Phi) is 6.30. The fraction of sp³-hybridized carbons (Fsp3) is 1.00. The first-order valence-electron chi connectivity index (χ1n) is 4.88. The fourth-order valence-electron chi connectivity index (χ4n) is 1.13. The Labute approximate surface area is 91.8 Å². The van der Waals surface area contributed by atoms with E-state index < -0.39 is 16.3 Å². The van der Waals surface area contributed by atoms with Crippen LogP contribution in [0.4, 0.5) is 0 Å². The predicted molar refractivity (Wildman–Crippen MR) is 59.5 cm³/mol. The van der Waals surface area contributed by atoms with E-state index in [1.54, 1.807) is 6.92 Å². The third-order valence-electron chi connectivity index (χ3n) is 1.99. The largest absolute Gasteiger partial charge is 0.392 e. The van der Waals surface area contributed by atoms with Crippen LogP contribution in [-0.2, 0) is 10.2 Å². The molecule has 0 radical (unpaired) electrons. The van der Waals surface area contributed by atoms with E-state index in [1.165, 1.54) is 18.4 Å². The maximum Gasteiger partial charge on any atom is 0.281 e. The Bertz CT molecular complexity index is 266. The zero-order valence-electron chi connectivity index (χ0n) is 9.55. The number of likely N-dealkylation sites (N-methyl/N-ethyl adjacent to an activating group) is 1. The van der Waals surface area contributed by atoms with Gasteiger partial charge in [-0.05, 0) is 19.9 Å². The van der Waals surface area contributed by atoms with Crippen LogP contribution in [0.2, 0.25) is 0 Å². The van der Waals surface area contributed by atoms with Crippen molar-refractivity contribution >= 4 is 10.2 Å². The van der Waals surface area contributed by atoms with Crippen LogP contribution in [-0.4, -0.2) is 62.0 Å². The monoisotopic (exact) mass is 239 g/mol. The zero-order valence-corrected chi connectivity index (χ0v) is 10.4. The van der Waals surface area contributed by atoms with Crippen molar-refractivity contribution in [3.63, 3.8) is 0 Å². The van der Waals surface area contributed by atoms with Crippen molar-refractivity contribution in [3.05, 3.63) is 0 Å². The molecule has 15 heavy (non-hydrogen) atoms. The van der Waals surface area contributed by atoms with Gasteiger partial charge in [-0.1, -0.05) is 0 Å². The van der Waals surface area contributed by atoms with Crippen LogP contribution in [0.5, 0.6) is 0 Å². The van der Waals surface area contributed by atoms with E-state index in [-0.39, 0.29) is 6.54 Å². The average molecular weight is 239 g/mol. The Morgan fingerprint density at radius 2 is 1.87 bits per heavy atom. The summed E-state index contributed by atoms with van der Waals surface area (Å²) in [5, 5.41) is 9.10. The lowest BCUT2D eigenvalue weighted by Crippen LogP contribution is -2.43. The molecule has 0 heterocycles. The van der Waals surface area contributed by atoms with E-state index in [0.717, 1.165) is 4.31 Å². The quantitative estimate of drug-likeness (QED) is 0.586. The molecular formula is C8H21N3O3S. The standard InChI is InChI=1S/C8H21N3O3S/c1-8(12)7-11(3)15(13,14)10(2)6-4-5-9/h8,12H,4-7,9H2,1-3H3. The van der Waals surface area contributed by atoms with Gasteiger partial charge in [-0.3, -0.25) is 0 Å². The first kappa shape index (κ1) is 14.8. The Hall–Kier alpha value is -0.210. The molecule has 0 saturated heterocycles. The van der Waals surface area contributed by atoms with E-state index in [0.29, 0.717) is 19.5 Å². The highest BCUT2D eigenvalue weighted by Crippen LogP contribution is 2.04. The van der Waals surface area contributed by atoms with E-state index in [2.05, 4.69) is 0 Å². The number of nitrogens with two attached hydrogens (primary N) is 1. The predicted octanol–water partition coefficient (Wildman–Crippen LogP) is -1.18. The zero-order chi connectivity index (χ0) is 12.1. The molecule has 0 bridgehead atoms. The van der Waals surface area contributed by atoms with Gasteiger partial charge in [-0.25, -0.2) is 0 Å². The minimum Gasteiger partial charge on any atom is -0.392 e. The van der Waals surface area contributed by atoms with Crippen LogP contribution in [0.25, 0.3) is 0 Å². The third kappa shape index (κ3) is 4.89. The van der Waals surface area contributed by atoms with Gasteiger partial charge < -0.3 is 10.8 Å². The minimum atomic E-state index is -3.46. The SMILES string of the molecule is CC(O)CN(C)S(=O)(=O)N(C)CCCN. The third-order valence-corrected chi connectivity index (χ3v) is 3.89. The number of aliphatic hydroxyl groups excluding tert-OH is 1. The molecule has 0 saturated carbocycles.